The fourth-order valence-corrected chi connectivity index (χ4v) is 4.68. The van der Waals surface area contributed by atoms with Gasteiger partial charge < -0.3 is 0 Å². The van der Waals surface area contributed by atoms with Crippen molar-refractivity contribution >= 4 is 38.7 Å². The first-order valence-electron chi connectivity index (χ1n) is 10.3. The summed E-state index contributed by atoms with van der Waals surface area (Å²) in [5, 5.41) is 5.00. The molecule has 0 saturated heterocycles. The molecule has 6 rings (SSSR count). The molecule has 1 aliphatic carbocycles. The topological polar surface area (TPSA) is 12.9 Å². The van der Waals surface area contributed by atoms with E-state index in [0.717, 1.165) is 23.9 Å². The number of aromatic nitrogens is 1. The van der Waals surface area contributed by atoms with Gasteiger partial charge in [-0.15, -0.1) is 0 Å². The molecule has 29 heavy (non-hydrogen) atoms. The first-order valence-corrected chi connectivity index (χ1v) is 10.3. The molecule has 4 aromatic carbocycles. The van der Waals surface area contributed by atoms with E-state index in [1.807, 2.05) is 0 Å². The zero-order valence-electron chi connectivity index (χ0n) is 16.4. The summed E-state index contributed by atoms with van der Waals surface area (Å²) in [4.78, 5) is 5.15. The Morgan fingerprint density at radius 1 is 0.793 bits per heavy atom. The zero-order chi connectivity index (χ0) is 19.4. The molecule has 1 heteroatoms. The lowest BCUT2D eigenvalue weighted by Crippen LogP contribution is -1.98. The standard InChI is InChI=1S/C28H21N/c1-18-10-14-24-26(16-18)29-28-23-9-5-4-7-20(23)13-15-25(28)27(24)22-12-11-19-6-2-3-8-21(19)17-22/h2-3,5-6,8-17H,4,7H2,1H3. The average Bonchev–Trinajstić information content (AvgIpc) is 2.77. The minimum atomic E-state index is 1.08. The lowest BCUT2D eigenvalue weighted by atomic mass is 9.89. The summed E-state index contributed by atoms with van der Waals surface area (Å²) in [6.45, 7) is 2.14. The van der Waals surface area contributed by atoms with E-state index in [-0.39, 0.29) is 0 Å². The molecule has 0 fully saturated rings. The molecule has 0 atom stereocenters. The Hall–Kier alpha value is -3.45. The van der Waals surface area contributed by atoms with Crippen molar-refractivity contribution in [1.29, 1.82) is 0 Å². The van der Waals surface area contributed by atoms with Crippen molar-refractivity contribution in [2.45, 2.75) is 19.8 Å². The van der Waals surface area contributed by atoms with Gasteiger partial charge in [0.15, 0.2) is 0 Å². The molecule has 0 unspecified atom stereocenters. The molecule has 0 N–H and O–H groups in total. The van der Waals surface area contributed by atoms with Crippen molar-refractivity contribution in [3.63, 3.8) is 0 Å². The molecule has 1 heterocycles. The van der Waals surface area contributed by atoms with Gasteiger partial charge in [-0.05, 0) is 59.4 Å². The largest absolute Gasteiger partial charge is 0.247 e. The fourth-order valence-electron chi connectivity index (χ4n) is 4.68. The van der Waals surface area contributed by atoms with Gasteiger partial charge in [0.25, 0.3) is 0 Å². The third-order valence-electron chi connectivity index (χ3n) is 6.13. The zero-order valence-corrected chi connectivity index (χ0v) is 16.4. The normalized spacial score (nSPS) is 13.3. The summed E-state index contributed by atoms with van der Waals surface area (Å²) in [7, 11) is 0. The van der Waals surface area contributed by atoms with E-state index in [9.17, 15) is 0 Å². The van der Waals surface area contributed by atoms with Gasteiger partial charge in [0.1, 0.15) is 0 Å². The molecule has 0 bridgehead atoms. The van der Waals surface area contributed by atoms with E-state index in [2.05, 4.69) is 91.9 Å². The highest BCUT2D eigenvalue weighted by atomic mass is 14.7. The van der Waals surface area contributed by atoms with Gasteiger partial charge in [-0.2, -0.15) is 0 Å². The van der Waals surface area contributed by atoms with Crippen molar-refractivity contribution in [2.75, 3.05) is 0 Å². The third-order valence-corrected chi connectivity index (χ3v) is 6.13. The van der Waals surface area contributed by atoms with Crippen molar-refractivity contribution in [1.82, 2.24) is 4.98 Å². The van der Waals surface area contributed by atoms with Gasteiger partial charge in [0.2, 0.25) is 0 Å². The van der Waals surface area contributed by atoms with E-state index in [1.54, 1.807) is 0 Å². The Kier molecular flexibility index (Phi) is 3.57. The van der Waals surface area contributed by atoms with E-state index in [4.69, 9.17) is 4.98 Å². The number of allylic oxidation sites excluding steroid dienone is 1. The van der Waals surface area contributed by atoms with Crippen molar-refractivity contribution in [2.24, 2.45) is 0 Å². The summed E-state index contributed by atoms with van der Waals surface area (Å²) in [6, 6.07) is 26.6. The summed E-state index contributed by atoms with van der Waals surface area (Å²) in [5.41, 5.74) is 8.69. The molecule has 1 nitrogen and oxygen atoms in total. The smallest absolute Gasteiger partial charge is 0.0790 e. The summed E-state index contributed by atoms with van der Waals surface area (Å²) in [6.07, 6.45) is 6.75. The molecule has 138 valence electrons. The van der Waals surface area contributed by atoms with Gasteiger partial charge in [-0.25, -0.2) is 4.98 Å². The van der Waals surface area contributed by atoms with Crippen LogP contribution in [-0.2, 0) is 6.42 Å². The minimum absolute atomic E-state index is 1.08. The number of nitrogens with zero attached hydrogens (tertiary/aromatic N) is 1. The number of aryl methyl sites for hydroxylation is 2. The highest BCUT2D eigenvalue weighted by molar-refractivity contribution is 6.12. The molecule has 0 aliphatic heterocycles. The predicted octanol–water partition coefficient (Wildman–Crippen LogP) is 7.48. The van der Waals surface area contributed by atoms with E-state index < -0.39 is 0 Å². The van der Waals surface area contributed by atoms with Crippen LogP contribution < -0.4 is 0 Å². The third kappa shape index (κ3) is 2.58. The van der Waals surface area contributed by atoms with Crippen LogP contribution in [0.1, 0.15) is 23.1 Å². The molecule has 1 aliphatic rings. The molecular weight excluding hydrogens is 350 g/mol. The second-order valence-electron chi connectivity index (χ2n) is 8.04. The monoisotopic (exact) mass is 371 g/mol. The van der Waals surface area contributed by atoms with Crippen LogP contribution in [0.25, 0.3) is 49.8 Å². The number of hydrogen-bond donors (Lipinski definition) is 0. The first-order chi connectivity index (χ1) is 14.3. The van der Waals surface area contributed by atoms with E-state index >= 15 is 0 Å². The average molecular weight is 371 g/mol. The Balaban J connectivity index is 1.77. The Morgan fingerprint density at radius 3 is 2.59 bits per heavy atom. The molecule has 5 aromatic rings. The highest BCUT2D eigenvalue weighted by Crippen LogP contribution is 2.39. The fraction of sp³-hybridized carbons (Fsp3) is 0.107. The lowest BCUT2D eigenvalue weighted by Gasteiger charge is -2.17. The number of hydrogen-bond acceptors (Lipinski definition) is 1. The van der Waals surface area contributed by atoms with Crippen LogP contribution in [0.2, 0.25) is 0 Å². The second-order valence-corrected chi connectivity index (χ2v) is 8.04. The molecular formula is C28H21N. The van der Waals surface area contributed by atoms with Gasteiger partial charge in [-0.3, -0.25) is 0 Å². The Labute approximate surface area is 170 Å². The Morgan fingerprint density at radius 2 is 1.66 bits per heavy atom. The van der Waals surface area contributed by atoms with Crippen molar-refractivity contribution < 1.29 is 0 Å². The molecule has 0 amide bonds. The maximum absolute atomic E-state index is 5.15. The number of rotatable bonds is 1. The van der Waals surface area contributed by atoms with E-state index in [0.29, 0.717) is 0 Å². The SMILES string of the molecule is Cc1ccc2c(-c3ccc4ccccc4c3)c3ccc4c(c3nc2c1)C=CCC4. The minimum Gasteiger partial charge on any atom is -0.247 e. The molecule has 0 saturated carbocycles. The van der Waals surface area contributed by atoms with Gasteiger partial charge in [0, 0.05) is 21.9 Å². The van der Waals surface area contributed by atoms with Crippen LogP contribution in [0.5, 0.6) is 0 Å². The number of fused-ring (bicyclic) bond motifs is 5. The number of pyridine rings is 1. The van der Waals surface area contributed by atoms with Crippen molar-refractivity contribution in [3.8, 4) is 11.1 Å². The summed E-state index contributed by atoms with van der Waals surface area (Å²) in [5.74, 6) is 0. The maximum atomic E-state index is 5.15. The van der Waals surface area contributed by atoms with Gasteiger partial charge in [0.05, 0.1) is 11.0 Å². The van der Waals surface area contributed by atoms with E-state index in [1.165, 1.54) is 49.4 Å². The highest BCUT2D eigenvalue weighted by Gasteiger charge is 2.16. The van der Waals surface area contributed by atoms with Gasteiger partial charge in [-0.1, -0.05) is 72.8 Å². The molecule has 1 aromatic heterocycles. The Bertz CT molecular complexity index is 1460. The second kappa shape index (κ2) is 6.28. The maximum Gasteiger partial charge on any atom is 0.0790 e. The number of benzene rings is 4. The van der Waals surface area contributed by atoms with Gasteiger partial charge >= 0.3 is 0 Å². The van der Waals surface area contributed by atoms with Crippen LogP contribution in [0.4, 0.5) is 0 Å². The predicted molar refractivity (Wildman–Crippen MR) is 124 cm³/mol. The van der Waals surface area contributed by atoms with Crippen LogP contribution in [0.3, 0.4) is 0 Å². The first kappa shape index (κ1) is 16.5. The molecule has 0 radical (unpaired) electrons. The summed E-state index contributed by atoms with van der Waals surface area (Å²) >= 11 is 0. The van der Waals surface area contributed by atoms with Crippen LogP contribution in [-0.4, -0.2) is 4.98 Å². The quantitative estimate of drug-likeness (QED) is 0.278. The van der Waals surface area contributed by atoms with Crippen LogP contribution in [0.15, 0.2) is 78.9 Å². The molecule has 0 spiro atoms. The lowest BCUT2D eigenvalue weighted by molar-refractivity contribution is 0.988. The summed E-state index contributed by atoms with van der Waals surface area (Å²) < 4.78 is 0. The van der Waals surface area contributed by atoms with Crippen molar-refractivity contribution in [3.05, 3.63) is 95.6 Å². The van der Waals surface area contributed by atoms with Crippen LogP contribution in [0, 0.1) is 6.92 Å². The van der Waals surface area contributed by atoms with Crippen LogP contribution >= 0.6 is 0 Å².